The third-order valence-electron chi connectivity index (χ3n) is 2.39. The summed E-state index contributed by atoms with van der Waals surface area (Å²) < 4.78 is 10.1. The van der Waals surface area contributed by atoms with Crippen molar-refractivity contribution in [2.45, 2.75) is 18.6 Å². The molecule has 4 nitrogen and oxygen atoms in total. The van der Waals surface area contributed by atoms with Crippen LogP contribution in [0.3, 0.4) is 0 Å². The minimum atomic E-state index is -0.769. The van der Waals surface area contributed by atoms with E-state index in [1.54, 1.807) is 12.1 Å². The summed E-state index contributed by atoms with van der Waals surface area (Å²) in [6.07, 6.45) is -0.513. The van der Waals surface area contributed by atoms with Gasteiger partial charge >= 0.3 is 6.09 Å². The van der Waals surface area contributed by atoms with Crippen LogP contribution < -0.4 is 5.73 Å². The molecule has 1 amide bonds. The zero-order chi connectivity index (χ0) is 11.5. The number of hydrogen-bond acceptors (Lipinski definition) is 3. The van der Waals surface area contributed by atoms with E-state index in [2.05, 4.69) is 0 Å². The first-order chi connectivity index (χ1) is 7.65. The molecule has 0 unspecified atom stereocenters. The fourth-order valence-corrected chi connectivity index (χ4v) is 1.65. The van der Waals surface area contributed by atoms with Gasteiger partial charge in [-0.1, -0.05) is 23.7 Å². The first kappa shape index (κ1) is 11.2. The predicted molar refractivity (Wildman–Crippen MR) is 59.4 cm³/mol. The number of nitrogens with two attached hydrogens (primary N) is 1. The average Bonchev–Trinajstić information content (AvgIpc) is 3.03. The van der Waals surface area contributed by atoms with E-state index in [0.717, 1.165) is 5.56 Å². The van der Waals surface area contributed by atoms with Crippen LogP contribution in [0, 0.1) is 0 Å². The van der Waals surface area contributed by atoms with Gasteiger partial charge < -0.3 is 15.2 Å². The monoisotopic (exact) mass is 241 g/mol. The molecule has 2 N–H and O–H groups in total. The quantitative estimate of drug-likeness (QED) is 0.817. The fourth-order valence-electron chi connectivity index (χ4n) is 1.52. The Morgan fingerprint density at radius 2 is 2.19 bits per heavy atom. The summed E-state index contributed by atoms with van der Waals surface area (Å²) in [5, 5.41) is 0.679. The molecule has 86 valence electrons. The van der Waals surface area contributed by atoms with Gasteiger partial charge in [-0.2, -0.15) is 0 Å². The Balaban J connectivity index is 1.99. The lowest BCUT2D eigenvalue weighted by atomic mass is 10.1. The first-order valence-corrected chi connectivity index (χ1v) is 5.35. The molecular weight excluding hydrogens is 230 g/mol. The highest BCUT2D eigenvalue weighted by atomic mass is 35.5. The van der Waals surface area contributed by atoms with Gasteiger partial charge in [-0.25, -0.2) is 4.79 Å². The molecule has 1 saturated heterocycles. The van der Waals surface area contributed by atoms with Crippen LogP contribution in [-0.4, -0.2) is 24.9 Å². The van der Waals surface area contributed by atoms with Crippen molar-refractivity contribution in [3.8, 4) is 0 Å². The van der Waals surface area contributed by atoms with Crippen LogP contribution in [0.15, 0.2) is 24.3 Å². The Bertz CT molecular complexity index is 375. The van der Waals surface area contributed by atoms with Crippen LogP contribution in [0.5, 0.6) is 0 Å². The maximum atomic E-state index is 10.7. The summed E-state index contributed by atoms with van der Waals surface area (Å²) in [7, 11) is 0. The summed E-state index contributed by atoms with van der Waals surface area (Å²) >= 11 is 5.78. The van der Waals surface area contributed by atoms with Crippen LogP contribution in [0.4, 0.5) is 4.79 Å². The predicted octanol–water partition coefficient (Wildman–Crippen LogP) is 1.75. The van der Waals surface area contributed by atoms with E-state index in [4.69, 9.17) is 26.8 Å². The van der Waals surface area contributed by atoms with Gasteiger partial charge in [-0.05, 0) is 17.7 Å². The van der Waals surface area contributed by atoms with Crippen molar-refractivity contribution in [2.75, 3.05) is 6.61 Å². The van der Waals surface area contributed by atoms with Crippen molar-refractivity contribution >= 4 is 17.7 Å². The Hall–Kier alpha value is -1.26. The molecule has 0 radical (unpaired) electrons. The van der Waals surface area contributed by atoms with E-state index >= 15 is 0 Å². The smallest absolute Gasteiger partial charge is 0.404 e. The highest BCUT2D eigenvalue weighted by molar-refractivity contribution is 6.30. The third-order valence-corrected chi connectivity index (χ3v) is 2.64. The number of ether oxygens (including phenoxy) is 2. The number of benzene rings is 1. The molecule has 1 aliphatic heterocycles. The molecule has 1 aliphatic rings. The van der Waals surface area contributed by atoms with Gasteiger partial charge in [0.25, 0.3) is 0 Å². The minimum Gasteiger partial charge on any atom is -0.443 e. The Labute approximate surface area is 98.3 Å². The molecule has 0 aliphatic carbocycles. The van der Waals surface area contributed by atoms with Gasteiger partial charge in [-0.3, -0.25) is 0 Å². The van der Waals surface area contributed by atoms with Crippen LogP contribution in [0.25, 0.3) is 0 Å². The number of epoxide rings is 1. The molecule has 1 aromatic rings. The van der Waals surface area contributed by atoms with E-state index in [-0.39, 0.29) is 12.2 Å². The summed E-state index contributed by atoms with van der Waals surface area (Å²) in [5.74, 6) is 0. The van der Waals surface area contributed by atoms with Crippen molar-refractivity contribution in [1.29, 1.82) is 0 Å². The second-order valence-electron chi connectivity index (χ2n) is 3.68. The highest BCUT2D eigenvalue weighted by Gasteiger charge is 2.35. The molecule has 2 atom stereocenters. The Kier molecular flexibility index (Phi) is 3.31. The topological polar surface area (TPSA) is 64.9 Å². The standard InChI is InChI=1S/C11H12ClNO3/c12-8-3-1-7(2-4-8)5-9(10-6-15-10)16-11(13)14/h1-4,9-10H,5-6H2,(H2,13,14)/t9-,10-/m0/s1. The summed E-state index contributed by atoms with van der Waals surface area (Å²) in [5.41, 5.74) is 6.03. The van der Waals surface area contributed by atoms with Crippen LogP contribution >= 0.6 is 11.6 Å². The molecule has 0 spiro atoms. The SMILES string of the molecule is NC(=O)O[C@@H](Cc1ccc(Cl)cc1)[C@@H]1CO1. The van der Waals surface area contributed by atoms with Crippen molar-refractivity contribution in [1.82, 2.24) is 0 Å². The van der Waals surface area contributed by atoms with Crippen molar-refractivity contribution in [3.63, 3.8) is 0 Å². The lowest BCUT2D eigenvalue weighted by molar-refractivity contribution is 0.0868. The third kappa shape index (κ3) is 3.12. The van der Waals surface area contributed by atoms with Crippen LogP contribution in [-0.2, 0) is 15.9 Å². The highest BCUT2D eigenvalue weighted by Crippen LogP contribution is 2.21. The molecule has 5 heteroatoms. The van der Waals surface area contributed by atoms with E-state index < -0.39 is 6.09 Å². The fraction of sp³-hybridized carbons (Fsp3) is 0.364. The molecule has 0 saturated carbocycles. The van der Waals surface area contributed by atoms with Gasteiger partial charge in [0.1, 0.15) is 12.2 Å². The number of rotatable bonds is 4. The number of amides is 1. The number of carbonyl (C=O) groups excluding carboxylic acids is 1. The first-order valence-electron chi connectivity index (χ1n) is 4.97. The second kappa shape index (κ2) is 4.72. The molecule has 0 aromatic heterocycles. The molecule has 0 bridgehead atoms. The van der Waals surface area contributed by atoms with Gasteiger partial charge in [0.15, 0.2) is 0 Å². The number of halogens is 1. The normalized spacial score (nSPS) is 20.2. The van der Waals surface area contributed by atoms with Crippen molar-refractivity contribution in [3.05, 3.63) is 34.9 Å². The van der Waals surface area contributed by atoms with Crippen LogP contribution in [0.2, 0.25) is 5.02 Å². The van der Waals surface area contributed by atoms with Gasteiger partial charge in [-0.15, -0.1) is 0 Å². The van der Waals surface area contributed by atoms with E-state index in [0.29, 0.717) is 18.1 Å². The molecule has 1 heterocycles. The summed E-state index contributed by atoms with van der Waals surface area (Å²) in [6, 6.07) is 7.38. The number of primary amides is 1. The molecule has 1 fully saturated rings. The largest absolute Gasteiger partial charge is 0.443 e. The van der Waals surface area contributed by atoms with E-state index in [9.17, 15) is 4.79 Å². The van der Waals surface area contributed by atoms with E-state index in [1.807, 2.05) is 12.1 Å². The molecule has 2 rings (SSSR count). The van der Waals surface area contributed by atoms with Gasteiger partial charge in [0.05, 0.1) is 6.61 Å². The van der Waals surface area contributed by atoms with Crippen molar-refractivity contribution < 1.29 is 14.3 Å². The minimum absolute atomic E-state index is 0.0248. The summed E-state index contributed by atoms with van der Waals surface area (Å²) in [4.78, 5) is 10.7. The zero-order valence-corrected chi connectivity index (χ0v) is 9.31. The van der Waals surface area contributed by atoms with Crippen molar-refractivity contribution in [2.24, 2.45) is 5.73 Å². The Morgan fingerprint density at radius 3 is 2.69 bits per heavy atom. The van der Waals surface area contributed by atoms with Crippen LogP contribution in [0.1, 0.15) is 5.56 Å². The molecule has 16 heavy (non-hydrogen) atoms. The second-order valence-corrected chi connectivity index (χ2v) is 4.11. The van der Waals surface area contributed by atoms with Gasteiger partial charge in [0.2, 0.25) is 0 Å². The molecular formula is C11H12ClNO3. The number of hydrogen-bond donors (Lipinski definition) is 1. The average molecular weight is 242 g/mol. The Morgan fingerprint density at radius 1 is 1.56 bits per heavy atom. The zero-order valence-electron chi connectivity index (χ0n) is 8.56. The van der Waals surface area contributed by atoms with Gasteiger partial charge in [0, 0.05) is 11.4 Å². The lowest BCUT2D eigenvalue weighted by Gasteiger charge is -2.14. The molecule has 1 aromatic carbocycles. The maximum absolute atomic E-state index is 10.7. The lowest BCUT2D eigenvalue weighted by Crippen LogP contribution is -2.29. The maximum Gasteiger partial charge on any atom is 0.404 e. The van der Waals surface area contributed by atoms with E-state index in [1.165, 1.54) is 0 Å². The summed E-state index contributed by atoms with van der Waals surface area (Å²) in [6.45, 7) is 0.617. The number of carbonyl (C=O) groups is 1.